The number of thioether (sulfide) groups is 1. The first-order chi connectivity index (χ1) is 14.9. The van der Waals surface area contributed by atoms with E-state index in [9.17, 15) is 19.7 Å². The first-order valence-corrected chi connectivity index (χ1v) is 9.51. The normalized spacial score (nSPS) is 17.0. The van der Waals surface area contributed by atoms with Gasteiger partial charge in [0, 0.05) is 12.3 Å². The summed E-state index contributed by atoms with van der Waals surface area (Å²) in [5, 5.41) is 29.6. The number of ether oxygens (including phenoxy) is 2. The van der Waals surface area contributed by atoms with Gasteiger partial charge >= 0.3 is 11.7 Å². The molecule has 13 heteroatoms. The van der Waals surface area contributed by atoms with Crippen LogP contribution in [0.2, 0.25) is 0 Å². The third kappa shape index (κ3) is 5.54. The highest BCUT2D eigenvalue weighted by Gasteiger charge is 2.32. The molecule has 2 N–H and O–H groups in total. The molecule has 1 fully saturated rings. The summed E-state index contributed by atoms with van der Waals surface area (Å²) in [4.78, 5) is 36.8. The standard InChI is InChI=1S/C18H15N5O7S/c1-29-13-7-10(9-20-22-18-21-16(26)14(31-18)8-15(24)25)4-5-12(13)30-17-11(23(27)28)3-2-6-19-17/h2-7,9,14H,8H2,1H3,(H,24,25)(H,21,22,26). The average Bonchev–Trinajstić information content (AvgIpc) is 3.07. The number of nitrogens with zero attached hydrogens (tertiary/aromatic N) is 4. The van der Waals surface area contributed by atoms with E-state index in [1.165, 1.54) is 37.7 Å². The number of carboxylic acids is 1. The van der Waals surface area contributed by atoms with Crippen LogP contribution in [0.25, 0.3) is 0 Å². The molecule has 1 aromatic heterocycles. The Morgan fingerprint density at radius 3 is 2.94 bits per heavy atom. The highest BCUT2D eigenvalue weighted by molar-refractivity contribution is 8.15. The SMILES string of the molecule is COc1cc(C=NN=C2NC(=O)C(CC(=O)O)S2)ccc1Oc1ncccc1[N+](=O)[O-]. The fourth-order valence-corrected chi connectivity index (χ4v) is 3.36. The number of nitrogens with one attached hydrogen (secondary N) is 1. The Kier molecular flexibility index (Phi) is 6.77. The minimum Gasteiger partial charge on any atom is -0.493 e. The van der Waals surface area contributed by atoms with Gasteiger partial charge in [-0.3, -0.25) is 19.7 Å². The van der Waals surface area contributed by atoms with Crippen LogP contribution in [0.1, 0.15) is 12.0 Å². The van der Waals surface area contributed by atoms with Crippen LogP contribution in [0.3, 0.4) is 0 Å². The van der Waals surface area contributed by atoms with Crippen LogP contribution in [0, 0.1) is 10.1 Å². The molecule has 1 aromatic carbocycles. The summed E-state index contributed by atoms with van der Waals surface area (Å²) in [5.74, 6) is -1.20. The van der Waals surface area contributed by atoms with Crippen molar-refractivity contribution < 1.29 is 29.1 Å². The number of hydrogen-bond donors (Lipinski definition) is 2. The highest BCUT2D eigenvalue weighted by atomic mass is 32.2. The van der Waals surface area contributed by atoms with E-state index in [4.69, 9.17) is 14.6 Å². The van der Waals surface area contributed by atoms with Gasteiger partial charge in [0.25, 0.3) is 5.88 Å². The van der Waals surface area contributed by atoms with Crippen molar-refractivity contribution in [2.24, 2.45) is 10.2 Å². The zero-order valence-electron chi connectivity index (χ0n) is 15.9. The second kappa shape index (κ2) is 9.67. The second-order valence-electron chi connectivity index (χ2n) is 5.94. The van der Waals surface area contributed by atoms with Crippen LogP contribution < -0.4 is 14.8 Å². The fourth-order valence-electron chi connectivity index (χ4n) is 2.45. The molecule has 2 aromatic rings. The quantitative estimate of drug-likeness (QED) is 0.352. The maximum atomic E-state index is 11.7. The molecule has 1 aliphatic rings. The van der Waals surface area contributed by atoms with Crippen molar-refractivity contribution in [3.8, 4) is 17.4 Å². The summed E-state index contributed by atoms with van der Waals surface area (Å²) in [5.41, 5.74) is 0.281. The van der Waals surface area contributed by atoms with Crippen LogP contribution in [-0.2, 0) is 9.59 Å². The topological polar surface area (TPSA) is 166 Å². The number of benzene rings is 1. The monoisotopic (exact) mass is 445 g/mol. The van der Waals surface area contributed by atoms with E-state index in [2.05, 4.69) is 20.5 Å². The average molecular weight is 445 g/mol. The Labute approximate surface area is 179 Å². The predicted octanol–water partition coefficient (Wildman–Crippen LogP) is 2.19. The number of hydrogen-bond acceptors (Lipinski definition) is 10. The Morgan fingerprint density at radius 2 is 2.23 bits per heavy atom. The first kappa shape index (κ1) is 21.7. The zero-order chi connectivity index (χ0) is 22.4. The first-order valence-electron chi connectivity index (χ1n) is 8.63. The van der Waals surface area contributed by atoms with Gasteiger partial charge in [-0.15, -0.1) is 5.10 Å². The Bertz CT molecular complexity index is 1090. The van der Waals surface area contributed by atoms with E-state index in [0.717, 1.165) is 11.8 Å². The summed E-state index contributed by atoms with van der Waals surface area (Å²) in [6.45, 7) is 0. The molecule has 1 unspecified atom stereocenters. The van der Waals surface area contributed by atoms with Crippen molar-refractivity contribution >= 4 is 40.7 Å². The van der Waals surface area contributed by atoms with Crippen LogP contribution in [0.4, 0.5) is 5.69 Å². The molecular formula is C18H15N5O7S. The third-order valence-corrected chi connectivity index (χ3v) is 4.91. The second-order valence-corrected chi connectivity index (χ2v) is 7.13. The van der Waals surface area contributed by atoms with E-state index in [0.29, 0.717) is 5.56 Å². The molecule has 0 radical (unpaired) electrons. The van der Waals surface area contributed by atoms with Crippen LogP contribution in [0.5, 0.6) is 17.4 Å². The summed E-state index contributed by atoms with van der Waals surface area (Å²) in [6.07, 6.45) is 2.45. The maximum absolute atomic E-state index is 11.7. The fraction of sp³-hybridized carbons (Fsp3) is 0.167. The van der Waals surface area contributed by atoms with Gasteiger partial charge in [0.05, 0.1) is 24.7 Å². The largest absolute Gasteiger partial charge is 0.493 e. The minimum atomic E-state index is -1.08. The molecule has 0 aliphatic carbocycles. The number of pyridine rings is 1. The number of carbonyl (C=O) groups excluding carboxylic acids is 1. The number of carbonyl (C=O) groups is 2. The van der Waals surface area contributed by atoms with Crippen LogP contribution in [-0.4, -0.2) is 50.6 Å². The van der Waals surface area contributed by atoms with Crippen LogP contribution in [0.15, 0.2) is 46.7 Å². The molecule has 1 aliphatic heterocycles. The number of amidine groups is 1. The van der Waals surface area contributed by atoms with E-state index in [1.807, 2.05) is 0 Å². The number of aliphatic carboxylic acids is 1. The minimum absolute atomic E-state index is 0.177. The number of carboxylic acid groups (broad SMARTS) is 1. The van der Waals surface area contributed by atoms with Gasteiger partial charge in [0.15, 0.2) is 16.7 Å². The smallest absolute Gasteiger partial charge is 0.331 e. The zero-order valence-corrected chi connectivity index (χ0v) is 16.7. The van der Waals surface area contributed by atoms with Crippen LogP contribution >= 0.6 is 11.8 Å². The van der Waals surface area contributed by atoms with Crippen molar-refractivity contribution in [2.45, 2.75) is 11.7 Å². The number of aromatic nitrogens is 1. The lowest BCUT2D eigenvalue weighted by atomic mass is 10.2. The number of nitro groups is 1. The molecule has 2 heterocycles. The van der Waals surface area contributed by atoms with Gasteiger partial charge in [0.2, 0.25) is 5.91 Å². The molecule has 12 nitrogen and oxygen atoms in total. The molecule has 0 bridgehead atoms. The van der Waals surface area contributed by atoms with Crippen molar-refractivity contribution in [3.05, 3.63) is 52.2 Å². The Morgan fingerprint density at radius 1 is 1.42 bits per heavy atom. The van der Waals surface area contributed by atoms with Crippen molar-refractivity contribution in [1.82, 2.24) is 10.3 Å². The summed E-state index contributed by atoms with van der Waals surface area (Å²) in [6, 6.07) is 7.42. The van der Waals surface area contributed by atoms with E-state index >= 15 is 0 Å². The molecule has 31 heavy (non-hydrogen) atoms. The molecular weight excluding hydrogens is 430 g/mol. The highest BCUT2D eigenvalue weighted by Crippen LogP contribution is 2.34. The van der Waals surface area contributed by atoms with Crippen molar-refractivity contribution in [3.63, 3.8) is 0 Å². The van der Waals surface area contributed by atoms with Crippen molar-refractivity contribution in [1.29, 1.82) is 0 Å². The van der Waals surface area contributed by atoms with Gasteiger partial charge in [0.1, 0.15) is 5.25 Å². The molecule has 0 saturated carbocycles. The molecule has 160 valence electrons. The van der Waals surface area contributed by atoms with E-state index in [1.54, 1.807) is 12.1 Å². The number of methoxy groups -OCH3 is 1. The summed E-state index contributed by atoms with van der Waals surface area (Å²) >= 11 is 0.985. The third-order valence-electron chi connectivity index (χ3n) is 3.83. The summed E-state index contributed by atoms with van der Waals surface area (Å²) < 4.78 is 10.8. The molecule has 1 atom stereocenters. The number of amides is 1. The Balaban J connectivity index is 1.73. The van der Waals surface area contributed by atoms with Gasteiger partial charge in [-0.1, -0.05) is 11.8 Å². The van der Waals surface area contributed by atoms with Gasteiger partial charge in [-0.05, 0) is 29.8 Å². The maximum Gasteiger partial charge on any atom is 0.331 e. The van der Waals surface area contributed by atoms with E-state index < -0.39 is 22.0 Å². The Hall–Kier alpha value is -4.00. The van der Waals surface area contributed by atoms with E-state index in [-0.39, 0.29) is 34.7 Å². The van der Waals surface area contributed by atoms with Crippen molar-refractivity contribution in [2.75, 3.05) is 7.11 Å². The molecule has 3 rings (SSSR count). The lowest BCUT2D eigenvalue weighted by Crippen LogP contribution is -2.26. The van der Waals surface area contributed by atoms with Gasteiger partial charge < -0.3 is 19.9 Å². The van der Waals surface area contributed by atoms with Gasteiger partial charge in [-0.2, -0.15) is 5.10 Å². The lowest BCUT2D eigenvalue weighted by molar-refractivity contribution is -0.386. The molecule has 0 spiro atoms. The molecule has 1 saturated heterocycles. The number of rotatable bonds is 8. The summed E-state index contributed by atoms with van der Waals surface area (Å²) in [7, 11) is 1.41. The predicted molar refractivity (Wildman–Crippen MR) is 111 cm³/mol. The molecule has 1 amide bonds. The lowest BCUT2D eigenvalue weighted by Gasteiger charge is -2.10. The van der Waals surface area contributed by atoms with Gasteiger partial charge in [-0.25, -0.2) is 4.98 Å².